The molecule has 8 heteroatoms. The normalized spacial score (nSPS) is 11.7. The average molecular weight is 436 g/mol. The van der Waals surface area contributed by atoms with E-state index in [2.05, 4.69) is 4.57 Å². The van der Waals surface area contributed by atoms with Crippen LogP contribution < -0.4 is 4.74 Å². The van der Waals surface area contributed by atoms with Gasteiger partial charge in [0.1, 0.15) is 11.5 Å². The maximum atomic E-state index is 11.7. The van der Waals surface area contributed by atoms with Crippen LogP contribution in [0, 0.1) is 0 Å². The van der Waals surface area contributed by atoms with Crippen molar-refractivity contribution in [2.45, 2.75) is 26.3 Å². The van der Waals surface area contributed by atoms with E-state index in [9.17, 15) is 9.36 Å². The molecule has 2 N–H and O–H groups in total. The highest BCUT2D eigenvalue weighted by Crippen LogP contribution is 2.36. The Kier molecular flexibility index (Phi) is 6.81. The summed E-state index contributed by atoms with van der Waals surface area (Å²) in [5, 5.41) is 1.29. The Labute approximate surface area is 174 Å². The Bertz CT molecular complexity index is 1060. The Hall–Kier alpha value is -2.11. The maximum Gasteiger partial charge on any atom is 0.325 e. The van der Waals surface area contributed by atoms with Crippen molar-refractivity contribution in [1.29, 1.82) is 0 Å². The molecule has 0 saturated heterocycles. The first kappa shape index (κ1) is 21.6. The number of ether oxygens (including phenoxy) is 1. The van der Waals surface area contributed by atoms with Crippen molar-refractivity contribution in [3.8, 4) is 5.75 Å². The van der Waals surface area contributed by atoms with Gasteiger partial charge in [-0.2, -0.15) is 0 Å². The summed E-state index contributed by atoms with van der Waals surface area (Å²) in [6.45, 7) is 2.34. The second-order valence-electron chi connectivity index (χ2n) is 7.04. The highest BCUT2D eigenvalue weighted by atomic mass is 35.5. The summed E-state index contributed by atoms with van der Waals surface area (Å²) in [6.07, 6.45) is 2.24. The van der Waals surface area contributed by atoms with Gasteiger partial charge in [0.2, 0.25) is 0 Å². The van der Waals surface area contributed by atoms with Crippen molar-refractivity contribution in [3.63, 3.8) is 0 Å². The molecule has 154 valence electrons. The zero-order valence-corrected chi connectivity index (χ0v) is 17.7. The fourth-order valence-corrected chi connectivity index (χ4v) is 4.00. The monoisotopic (exact) mass is 435 g/mol. The van der Waals surface area contributed by atoms with Gasteiger partial charge in [-0.1, -0.05) is 41.9 Å². The van der Waals surface area contributed by atoms with Crippen LogP contribution in [0.3, 0.4) is 0 Å². The molecule has 0 unspecified atom stereocenters. The summed E-state index contributed by atoms with van der Waals surface area (Å²) in [7, 11) is -4.05. The van der Waals surface area contributed by atoms with Crippen molar-refractivity contribution in [1.82, 2.24) is 4.57 Å². The van der Waals surface area contributed by atoms with E-state index in [1.165, 1.54) is 0 Å². The molecule has 1 heterocycles. The van der Waals surface area contributed by atoms with Crippen LogP contribution >= 0.6 is 19.2 Å². The molecule has 0 spiro atoms. The van der Waals surface area contributed by atoms with Gasteiger partial charge in [-0.25, -0.2) is 0 Å². The predicted molar refractivity (Wildman–Crippen MR) is 114 cm³/mol. The number of ketones is 1. The van der Waals surface area contributed by atoms with Crippen LogP contribution in [-0.2, 0) is 22.3 Å². The molecule has 2 aromatic carbocycles. The molecule has 3 rings (SSSR count). The first-order chi connectivity index (χ1) is 13.7. The Balaban J connectivity index is 1.90. The van der Waals surface area contributed by atoms with E-state index in [-0.39, 0.29) is 25.0 Å². The molecule has 6 nitrogen and oxygen atoms in total. The van der Waals surface area contributed by atoms with Gasteiger partial charge in [0.15, 0.2) is 0 Å². The third-order valence-electron chi connectivity index (χ3n) is 4.50. The topological polar surface area (TPSA) is 88.8 Å². The highest BCUT2D eigenvalue weighted by Gasteiger charge is 2.16. The number of rotatable bonds is 9. The molecule has 0 radical (unpaired) electrons. The number of nitrogens with zero attached hydrogens (tertiary/aromatic N) is 1. The zero-order chi connectivity index (χ0) is 21.0. The Morgan fingerprint density at radius 1 is 1.21 bits per heavy atom. The Morgan fingerprint density at radius 2 is 1.93 bits per heavy atom. The molecule has 0 aliphatic heterocycles. The minimum absolute atomic E-state index is 0.0582. The van der Waals surface area contributed by atoms with Gasteiger partial charge in [0, 0.05) is 24.5 Å². The molecule has 0 fully saturated rings. The number of Topliss-reactive ketones (excluding diaryl/α,β-unsaturated/α-hetero) is 1. The van der Waals surface area contributed by atoms with Gasteiger partial charge in [-0.3, -0.25) is 9.36 Å². The molecular formula is C21H23ClNO5P. The fourth-order valence-electron chi connectivity index (χ4n) is 3.25. The van der Waals surface area contributed by atoms with Gasteiger partial charge >= 0.3 is 7.60 Å². The van der Waals surface area contributed by atoms with E-state index in [1.54, 1.807) is 13.0 Å². The van der Waals surface area contributed by atoms with Crippen molar-refractivity contribution in [2.75, 3.05) is 12.8 Å². The summed E-state index contributed by atoms with van der Waals surface area (Å²) < 4.78 is 18.7. The van der Waals surface area contributed by atoms with Gasteiger partial charge in [-0.15, -0.1) is 0 Å². The lowest BCUT2D eigenvalue weighted by molar-refractivity contribution is -0.116. The number of carbonyl (C=O) groups excluding carboxylic acids is 1. The second kappa shape index (κ2) is 9.14. The van der Waals surface area contributed by atoms with Crippen LogP contribution in [0.1, 0.15) is 24.5 Å². The SMILES string of the molecule is CC(=O)Cc1cn(Cc2ccccc2)c2cc(Cl)c(OCCCP(=O)(O)O)cc12. The lowest BCUT2D eigenvalue weighted by Gasteiger charge is -2.11. The fraction of sp³-hybridized carbons (Fsp3) is 0.286. The van der Waals surface area contributed by atoms with Gasteiger partial charge in [0.25, 0.3) is 0 Å². The largest absolute Gasteiger partial charge is 0.492 e. The van der Waals surface area contributed by atoms with Crippen molar-refractivity contribution in [2.24, 2.45) is 0 Å². The quantitative estimate of drug-likeness (QED) is 0.383. The highest BCUT2D eigenvalue weighted by molar-refractivity contribution is 7.51. The number of halogens is 1. The number of aromatic nitrogens is 1. The van der Waals surface area contributed by atoms with Crippen molar-refractivity contribution >= 4 is 35.9 Å². The van der Waals surface area contributed by atoms with E-state index in [0.717, 1.165) is 22.0 Å². The molecule has 29 heavy (non-hydrogen) atoms. The zero-order valence-electron chi connectivity index (χ0n) is 16.0. The van der Waals surface area contributed by atoms with E-state index < -0.39 is 7.60 Å². The van der Waals surface area contributed by atoms with E-state index >= 15 is 0 Å². The number of fused-ring (bicyclic) bond motifs is 1. The van der Waals surface area contributed by atoms with Crippen LogP contribution in [0.15, 0.2) is 48.7 Å². The van der Waals surface area contributed by atoms with E-state index in [1.807, 2.05) is 42.6 Å². The maximum absolute atomic E-state index is 11.7. The number of hydrogen-bond donors (Lipinski definition) is 2. The van der Waals surface area contributed by atoms with Crippen molar-refractivity contribution < 1.29 is 23.9 Å². The van der Waals surface area contributed by atoms with Crippen LogP contribution in [0.4, 0.5) is 0 Å². The lowest BCUT2D eigenvalue weighted by atomic mass is 10.1. The molecule has 0 bridgehead atoms. The van der Waals surface area contributed by atoms with E-state index in [0.29, 0.717) is 23.7 Å². The van der Waals surface area contributed by atoms with Crippen LogP contribution in [0.25, 0.3) is 10.9 Å². The lowest BCUT2D eigenvalue weighted by Crippen LogP contribution is -2.02. The van der Waals surface area contributed by atoms with E-state index in [4.69, 9.17) is 26.1 Å². The minimum Gasteiger partial charge on any atom is -0.492 e. The average Bonchev–Trinajstić information content (AvgIpc) is 2.94. The summed E-state index contributed by atoms with van der Waals surface area (Å²) in [5.74, 6) is 0.495. The summed E-state index contributed by atoms with van der Waals surface area (Å²) in [6, 6.07) is 13.6. The van der Waals surface area contributed by atoms with Gasteiger partial charge in [0.05, 0.1) is 23.3 Å². The molecular weight excluding hydrogens is 413 g/mol. The second-order valence-corrected chi connectivity index (χ2v) is 9.22. The third-order valence-corrected chi connectivity index (χ3v) is 5.70. The molecule has 0 amide bonds. The predicted octanol–water partition coefficient (Wildman–Crippen LogP) is 4.42. The van der Waals surface area contributed by atoms with Crippen LogP contribution in [0.5, 0.6) is 5.75 Å². The molecule has 1 aromatic heterocycles. The van der Waals surface area contributed by atoms with Gasteiger partial charge in [-0.05, 0) is 36.6 Å². The number of benzene rings is 2. The first-order valence-corrected chi connectivity index (χ1v) is 11.4. The Morgan fingerprint density at radius 3 is 2.59 bits per heavy atom. The summed E-state index contributed by atoms with van der Waals surface area (Å²) in [5.41, 5.74) is 2.92. The molecule has 0 saturated carbocycles. The minimum atomic E-state index is -4.05. The van der Waals surface area contributed by atoms with Crippen LogP contribution in [0.2, 0.25) is 5.02 Å². The molecule has 0 aliphatic carbocycles. The smallest absolute Gasteiger partial charge is 0.325 e. The van der Waals surface area contributed by atoms with Crippen LogP contribution in [-0.4, -0.2) is 32.9 Å². The molecule has 0 aliphatic rings. The van der Waals surface area contributed by atoms with Crippen molar-refractivity contribution in [3.05, 3.63) is 64.8 Å². The van der Waals surface area contributed by atoms with Gasteiger partial charge < -0.3 is 19.1 Å². The molecule has 0 atom stereocenters. The summed E-state index contributed by atoms with van der Waals surface area (Å²) >= 11 is 6.40. The standard InChI is InChI=1S/C21H23ClNO5P/c1-15(24)10-17-14-23(13-16-6-3-2-4-7-16)20-12-19(22)21(11-18(17)20)28-8-5-9-29(25,26)27/h2-4,6-7,11-12,14H,5,8-10,13H2,1H3,(H2,25,26,27). The summed E-state index contributed by atoms with van der Waals surface area (Å²) in [4.78, 5) is 29.6. The number of carbonyl (C=O) groups is 1. The first-order valence-electron chi connectivity index (χ1n) is 9.25. The number of hydrogen-bond acceptors (Lipinski definition) is 3. The third kappa shape index (κ3) is 5.94. The molecule has 3 aromatic rings.